The molecule has 0 aliphatic heterocycles. The van der Waals surface area contributed by atoms with Gasteiger partial charge in [0.05, 0.1) is 0 Å². The van der Waals surface area contributed by atoms with Gasteiger partial charge >= 0.3 is 43.6 Å². The number of hydrogen-bond donors (Lipinski definition) is 3. The minimum Gasteiger partial charge on any atom is -0.477 e. The predicted molar refractivity (Wildman–Crippen MR) is 48.8 cm³/mol. The van der Waals surface area contributed by atoms with E-state index in [0.717, 1.165) is 0 Å². The summed E-state index contributed by atoms with van der Waals surface area (Å²) in [6.45, 7) is 0. The molecular weight excluding hydrogens is 392 g/mol. The maximum absolute atomic E-state index is 10.7. The Hall–Kier alpha value is -1.27. The molecule has 0 aromatic rings. The molecule has 22 heavy (non-hydrogen) atoms. The number of aliphatic carboxylic acids is 1. The fraction of sp³-hybridized carbons (Fsp3) is 0.750. The molecule has 0 aliphatic carbocycles. The van der Waals surface area contributed by atoms with Gasteiger partial charge in [0, 0.05) is 0 Å². The van der Waals surface area contributed by atoms with E-state index in [4.69, 9.17) is 35.8 Å². The quantitative estimate of drug-likeness (QED) is 0.340. The van der Waals surface area contributed by atoms with Crippen molar-refractivity contribution in [2.75, 3.05) is 0 Å². The molecule has 0 atom stereocenters. The number of carboxylic acid groups (broad SMARTS) is 1. The van der Waals surface area contributed by atoms with Crippen molar-refractivity contribution in [2.45, 2.75) is 17.4 Å². The number of carboxylic acids is 1. The van der Waals surface area contributed by atoms with Crippen LogP contribution in [0.3, 0.4) is 0 Å². The van der Waals surface area contributed by atoms with Crippen molar-refractivity contribution in [3.05, 3.63) is 0 Å². The van der Waals surface area contributed by atoms with Crippen molar-refractivity contribution in [1.82, 2.24) is 0 Å². The molecule has 0 saturated carbocycles. The van der Waals surface area contributed by atoms with Crippen molar-refractivity contribution in [2.24, 2.45) is 0 Å². The number of halogens is 8. The van der Waals surface area contributed by atoms with Gasteiger partial charge in [0.25, 0.3) is 0 Å². The van der Waals surface area contributed by atoms with E-state index in [1.165, 1.54) is 0 Å². The second-order valence-corrected chi connectivity index (χ2v) is 5.31. The van der Waals surface area contributed by atoms with E-state index in [-0.39, 0.29) is 0 Å². The van der Waals surface area contributed by atoms with Gasteiger partial charge in [-0.1, -0.05) is 0 Å². The molecule has 0 radical (unpaired) electrons. The molecule has 0 amide bonds. The fourth-order valence-corrected chi connectivity index (χ4v) is 0. The van der Waals surface area contributed by atoms with Gasteiger partial charge in [-0.15, -0.1) is 0 Å². The second-order valence-electron chi connectivity index (χ2n) is 2.48. The van der Waals surface area contributed by atoms with Crippen molar-refractivity contribution < 1.29 is 71.0 Å². The lowest BCUT2D eigenvalue weighted by atomic mass is 10.7. The maximum atomic E-state index is 10.7. The Kier molecular flexibility index (Phi) is 9.78. The summed E-state index contributed by atoms with van der Waals surface area (Å²) < 4.78 is 136. The normalized spacial score (nSPS) is 12.7. The molecule has 0 saturated heterocycles. The SMILES string of the molecule is O=C(O)C(F)F.O=S(=O)(O)C(F)(F)F.O=S(=O)(O)C(F)(F)F. The van der Waals surface area contributed by atoms with Crippen LogP contribution in [0, 0.1) is 0 Å². The number of alkyl halides is 8. The third kappa shape index (κ3) is 13.7. The van der Waals surface area contributed by atoms with Gasteiger partial charge in [-0.2, -0.15) is 52.0 Å². The Morgan fingerprint density at radius 3 is 0.864 bits per heavy atom. The van der Waals surface area contributed by atoms with E-state index in [1.807, 2.05) is 0 Å². The first kappa shape index (κ1) is 25.7. The molecule has 0 heterocycles. The molecule has 0 fully saturated rings. The van der Waals surface area contributed by atoms with E-state index in [1.54, 1.807) is 0 Å². The summed E-state index contributed by atoms with van der Waals surface area (Å²) in [7, 11) is -11.7. The predicted octanol–water partition coefficient (Wildman–Crippen LogP) is 1.12. The lowest BCUT2D eigenvalue weighted by Crippen LogP contribution is -2.21. The molecule has 0 aliphatic rings. The van der Waals surface area contributed by atoms with Crippen LogP contribution in [0.15, 0.2) is 0 Å². The van der Waals surface area contributed by atoms with Crippen LogP contribution < -0.4 is 0 Å². The Bertz CT molecular complexity index is 500. The van der Waals surface area contributed by atoms with E-state index >= 15 is 0 Å². The summed E-state index contributed by atoms with van der Waals surface area (Å²) in [5.74, 6) is -2.07. The molecule has 136 valence electrons. The third-order valence-corrected chi connectivity index (χ3v) is 1.94. The number of hydrogen-bond acceptors (Lipinski definition) is 5. The summed E-state index contributed by atoms with van der Waals surface area (Å²) in [6, 6.07) is 0. The number of rotatable bonds is 1. The average Bonchev–Trinajstić information content (AvgIpc) is 2.12. The minimum absolute atomic E-state index is 2.07. The van der Waals surface area contributed by atoms with Crippen molar-refractivity contribution in [3.8, 4) is 0 Å². The van der Waals surface area contributed by atoms with Crippen molar-refractivity contribution >= 4 is 26.2 Å². The Labute approximate surface area is 115 Å². The van der Waals surface area contributed by atoms with Crippen LogP contribution >= 0.6 is 0 Å². The summed E-state index contributed by atoms with van der Waals surface area (Å²) in [4.78, 5) is 8.95. The van der Waals surface area contributed by atoms with E-state index in [9.17, 15) is 35.1 Å². The Morgan fingerprint density at radius 2 is 0.864 bits per heavy atom. The van der Waals surface area contributed by atoms with Gasteiger partial charge in [0.15, 0.2) is 0 Å². The Morgan fingerprint density at radius 1 is 0.773 bits per heavy atom. The van der Waals surface area contributed by atoms with Crippen LogP contribution in [-0.4, -0.2) is 54.5 Å². The highest BCUT2D eigenvalue weighted by atomic mass is 32.2. The lowest BCUT2D eigenvalue weighted by molar-refractivity contribution is -0.149. The number of carbonyl (C=O) groups is 1. The summed E-state index contributed by atoms with van der Waals surface area (Å²) in [6.07, 6.45) is -3.23. The molecule has 8 nitrogen and oxygen atoms in total. The zero-order chi connectivity index (χ0) is 19.2. The molecule has 0 aromatic heterocycles. The summed E-state index contributed by atoms with van der Waals surface area (Å²) in [5, 5.41) is 7.24. The van der Waals surface area contributed by atoms with Crippen LogP contribution in [0.4, 0.5) is 35.1 Å². The average molecular weight is 396 g/mol. The highest BCUT2D eigenvalue weighted by molar-refractivity contribution is 7.86. The zero-order valence-corrected chi connectivity index (χ0v) is 10.9. The van der Waals surface area contributed by atoms with Gasteiger partial charge in [-0.3, -0.25) is 9.11 Å². The second kappa shape index (κ2) is 8.39. The largest absolute Gasteiger partial charge is 0.522 e. The highest BCUT2D eigenvalue weighted by Gasteiger charge is 2.45. The summed E-state index contributed by atoms with van der Waals surface area (Å²) >= 11 is 0. The topological polar surface area (TPSA) is 146 Å². The monoisotopic (exact) mass is 396 g/mol. The first-order chi connectivity index (χ1) is 9.14. The van der Waals surface area contributed by atoms with E-state index in [2.05, 4.69) is 0 Å². The van der Waals surface area contributed by atoms with Gasteiger partial charge in [0.1, 0.15) is 0 Å². The van der Waals surface area contributed by atoms with Crippen LogP contribution in [0.5, 0.6) is 0 Å². The molecule has 0 rings (SSSR count). The molecule has 0 unspecified atom stereocenters. The fourth-order valence-electron chi connectivity index (χ4n) is 0. The van der Waals surface area contributed by atoms with Crippen LogP contribution in [0.25, 0.3) is 0 Å². The van der Waals surface area contributed by atoms with Crippen LogP contribution in [0.1, 0.15) is 0 Å². The van der Waals surface area contributed by atoms with Crippen molar-refractivity contribution in [1.29, 1.82) is 0 Å². The summed E-state index contributed by atoms with van der Waals surface area (Å²) in [5.41, 5.74) is -11.1. The first-order valence-corrected chi connectivity index (χ1v) is 6.61. The lowest BCUT2D eigenvalue weighted by Gasteiger charge is -1.97. The van der Waals surface area contributed by atoms with Crippen LogP contribution in [0.2, 0.25) is 0 Å². The Balaban J connectivity index is -0.000000249. The zero-order valence-electron chi connectivity index (χ0n) is 9.30. The smallest absolute Gasteiger partial charge is 0.477 e. The standard InChI is InChI=1S/C2H2F2O2.2CHF3O3S/c3-1(4)2(5)6;2*2-1(3,4)8(5,6)7/h1H,(H,5,6);2*(H,5,6,7). The molecule has 18 heteroatoms. The minimum atomic E-state index is -5.84. The van der Waals surface area contributed by atoms with Gasteiger partial charge in [-0.05, 0) is 0 Å². The molecule has 0 spiro atoms. The van der Waals surface area contributed by atoms with Gasteiger partial charge < -0.3 is 5.11 Å². The van der Waals surface area contributed by atoms with Crippen LogP contribution in [-0.2, 0) is 25.0 Å². The maximum Gasteiger partial charge on any atom is 0.522 e. The molecule has 0 bridgehead atoms. The van der Waals surface area contributed by atoms with Gasteiger partial charge in [0.2, 0.25) is 0 Å². The highest BCUT2D eigenvalue weighted by Crippen LogP contribution is 2.21. The third-order valence-electron chi connectivity index (χ3n) is 0.772. The molecular formula is C4H4F8O8S2. The van der Waals surface area contributed by atoms with E-state index < -0.39 is 43.6 Å². The molecule has 0 aromatic carbocycles. The first-order valence-electron chi connectivity index (χ1n) is 3.73. The van der Waals surface area contributed by atoms with Gasteiger partial charge in [-0.25, -0.2) is 4.79 Å². The molecule has 3 N–H and O–H groups in total. The van der Waals surface area contributed by atoms with Crippen molar-refractivity contribution in [3.63, 3.8) is 0 Å². The van der Waals surface area contributed by atoms with E-state index in [0.29, 0.717) is 0 Å².